The van der Waals surface area contributed by atoms with E-state index in [-0.39, 0.29) is 41.9 Å². The second kappa shape index (κ2) is 7.82. The van der Waals surface area contributed by atoms with Crippen LogP contribution in [0.25, 0.3) is 0 Å². The largest absolute Gasteiger partial charge is 0.491 e. The Morgan fingerprint density at radius 2 is 1.76 bits per heavy atom. The van der Waals surface area contributed by atoms with E-state index in [0.29, 0.717) is 29.7 Å². The molecule has 4 rings (SSSR count). The molecule has 1 aliphatic heterocycles. The summed E-state index contributed by atoms with van der Waals surface area (Å²) >= 11 is 0. The van der Waals surface area contributed by atoms with Gasteiger partial charge in [-0.25, -0.2) is 4.39 Å². The van der Waals surface area contributed by atoms with Crippen LogP contribution in [0.2, 0.25) is 0 Å². The van der Waals surface area contributed by atoms with Crippen molar-refractivity contribution in [1.82, 2.24) is 5.32 Å². The fourth-order valence-corrected chi connectivity index (χ4v) is 4.29. The minimum absolute atomic E-state index is 0.000842. The molecule has 29 heavy (non-hydrogen) atoms. The van der Waals surface area contributed by atoms with Crippen molar-refractivity contribution in [3.8, 4) is 5.75 Å². The Balaban J connectivity index is 1.62. The van der Waals surface area contributed by atoms with Crippen molar-refractivity contribution in [1.29, 1.82) is 0 Å². The van der Waals surface area contributed by atoms with Gasteiger partial charge in [0.05, 0.1) is 6.10 Å². The van der Waals surface area contributed by atoms with Gasteiger partial charge in [-0.05, 0) is 61.6 Å². The number of hydrogen-bond donors (Lipinski definition) is 1. The van der Waals surface area contributed by atoms with Gasteiger partial charge in [-0.2, -0.15) is 0 Å². The monoisotopic (exact) mass is 393 g/mol. The number of nitrogens with one attached hydrogen (secondary N) is 1. The van der Waals surface area contributed by atoms with Crippen molar-refractivity contribution in [3.63, 3.8) is 0 Å². The Bertz CT molecular complexity index is 978. The molecule has 2 unspecified atom stereocenters. The zero-order chi connectivity index (χ0) is 20.5. The molecule has 2 aliphatic rings. The minimum atomic E-state index is -0.385. The third-order valence-corrected chi connectivity index (χ3v) is 5.51. The molecule has 0 fully saturated rings. The van der Waals surface area contributed by atoms with Crippen LogP contribution in [0.1, 0.15) is 56.1 Å². The van der Waals surface area contributed by atoms with Gasteiger partial charge in [-0.3, -0.25) is 9.59 Å². The molecule has 1 amide bonds. The lowest BCUT2D eigenvalue weighted by molar-refractivity contribution is -0.122. The van der Waals surface area contributed by atoms with Gasteiger partial charge < -0.3 is 10.1 Å². The summed E-state index contributed by atoms with van der Waals surface area (Å²) < 4.78 is 19.4. The lowest BCUT2D eigenvalue weighted by Gasteiger charge is -2.34. The van der Waals surface area contributed by atoms with Gasteiger partial charge in [0.15, 0.2) is 5.78 Å². The highest BCUT2D eigenvalue weighted by Gasteiger charge is 2.38. The zero-order valence-corrected chi connectivity index (χ0v) is 16.6. The van der Waals surface area contributed by atoms with Crippen molar-refractivity contribution < 1.29 is 18.7 Å². The summed E-state index contributed by atoms with van der Waals surface area (Å²) in [5.41, 5.74) is 3.03. The summed E-state index contributed by atoms with van der Waals surface area (Å²) in [6.07, 6.45) is 1.23. The topological polar surface area (TPSA) is 55.4 Å². The standard InChI is InChI=1S/C24H24FNO3/c1-14(2)29-19-8-6-15(7-9-19)17-11-21-24(22(27)12-17)20(13-23(28)26-21)16-4-3-5-18(25)10-16/h3-10,14,17,20H,11-13H2,1-2H3,(H,26,28). The number of rotatable bonds is 4. The van der Waals surface area contributed by atoms with Crippen molar-refractivity contribution >= 4 is 11.7 Å². The average molecular weight is 393 g/mol. The highest BCUT2D eigenvalue weighted by molar-refractivity contribution is 6.02. The van der Waals surface area contributed by atoms with Crippen LogP contribution < -0.4 is 10.1 Å². The Kier molecular flexibility index (Phi) is 5.22. The van der Waals surface area contributed by atoms with Crippen molar-refractivity contribution in [2.24, 2.45) is 0 Å². The van der Waals surface area contributed by atoms with E-state index in [1.807, 2.05) is 38.1 Å². The summed E-state index contributed by atoms with van der Waals surface area (Å²) in [5.74, 6) is -0.0609. The predicted molar refractivity (Wildman–Crippen MR) is 108 cm³/mol. The first-order valence-corrected chi connectivity index (χ1v) is 9.99. The maximum atomic E-state index is 13.7. The molecule has 0 aromatic heterocycles. The highest BCUT2D eigenvalue weighted by Crippen LogP contribution is 2.42. The van der Waals surface area contributed by atoms with Crippen molar-refractivity contribution in [2.45, 2.75) is 51.0 Å². The molecule has 0 spiro atoms. The first-order chi connectivity index (χ1) is 13.9. The Morgan fingerprint density at radius 3 is 2.45 bits per heavy atom. The van der Waals surface area contributed by atoms with Crippen LogP contribution >= 0.6 is 0 Å². The van der Waals surface area contributed by atoms with Crippen molar-refractivity contribution in [2.75, 3.05) is 0 Å². The first-order valence-electron chi connectivity index (χ1n) is 9.99. The van der Waals surface area contributed by atoms with Gasteiger partial charge in [0.25, 0.3) is 0 Å². The number of allylic oxidation sites excluding steroid dienone is 2. The summed E-state index contributed by atoms with van der Waals surface area (Å²) in [4.78, 5) is 25.4. The summed E-state index contributed by atoms with van der Waals surface area (Å²) in [5, 5.41) is 2.90. The van der Waals surface area contributed by atoms with E-state index in [2.05, 4.69) is 5.32 Å². The number of hydrogen-bond acceptors (Lipinski definition) is 3. The third kappa shape index (κ3) is 4.09. The van der Waals surface area contributed by atoms with Crippen LogP contribution in [-0.4, -0.2) is 17.8 Å². The molecule has 2 aromatic carbocycles. The first kappa shape index (κ1) is 19.4. The van der Waals surface area contributed by atoms with E-state index in [1.165, 1.54) is 12.1 Å². The smallest absolute Gasteiger partial charge is 0.225 e. The molecule has 0 saturated heterocycles. The number of ether oxygens (including phenoxy) is 1. The molecule has 2 aromatic rings. The highest BCUT2D eigenvalue weighted by atomic mass is 19.1. The maximum absolute atomic E-state index is 13.7. The van der Waals surface area contributed by atoms with Gasteiger partial charge >= 0.3 is 0 Å². The minimum Gasteiger partial charge on any atom is -0.491 e. The molecule has 150 valence electrons. The van der Waals surface area contributed by atoms with Crippen LogP contribution in [-0.2, 0) is 9.59 Å². The molecule has 0 saturated carbocycles. The second-order valence-electron chi connectivity index (χ2n) is 8.02. The van der Waals surface area contributed by atoms with Crippen LogP contribution in [0, 0.1) is 5.82 Å². The molecule has 5 heteroatoms. The fraction of sp³-hybridized carbons (Fsp3) is 0.333. The van der Waals surface area contributed by atoms with E-state index < -0.39 is 0 Å². The lowest BCUT2D eigenvalue weighted by Crippen LogP contribution is -2.38. The molecule has 2 atom stereocenters. The molecular formula is C24H24FNO3. The van der Waals surface area contributed by atoms with Crippen LogP contribution in [0.4, 0.5) is 4.39 Å². The zero-order valence-electron chi connectivity index (χ0n) is 16.6. The quantitative estimate of drug-likeness (QED) is 0.825. The normalized spacial score (nSPS) is 21.8. The molecule has 1 N–H and O–H groups in total. The van der Waals surface area contributed by atoms with E-state index in [0.717, 1.165) is 11.3 Å². The predicted octanol–water partition coefficient (Wildman–Crippen LogP) is 4.62. The van der Waals surface area contributed by atoms with Crippen molar-refractivity contribution in [3.05, 3.63) is 76.7 Å². The molecule has 1 heterocycles. The van der Waals surface area contributed by atoms with Gasteiger partial charge in [0, 0.05) is 30.0 Å². The summed E-state index contributed by atoms with van der Waals surface area (Å²) in [6.45, 7) is 3.95. The van der Waals surface area contributed by atoms with E-state index in [1.54, 1.807) is 12.1 Å². The summed E-state index contributed by atoms with van der Waals surface area (Å²) in [6, 6.07) is 14.0. The molecular weight excluding hydrogens is 369 g/mol. The van der Waals surface area contributed by atoms with Crippen LogP contribution in [0.3, 0.4) is 0 Å². The van der Waals surface area contributed by atoms with Gasteiger partial charge in [-0.15, -0.1) is 0 Å². The molecule has 1 aliphatic carbocycles. The summed E-state index contributed by atoms with van der Waals surface area (Å²) in [7, 11) is 0. The van der Waals surface area contributed by atoms with Gasteiger partial charge in [0.1, 0.15) is 11.6 Å². The van der Waals surface area contributed by atoms with E-state index in [4.69, 9.17) is 4.74 Å². The van der Waals surface area contributed by atoms with Gasteiger partial charge in [0.2, 0.25) is 5.91 Å². The number of carbonyl (C=O) groups excluding carboxylic acids is 2. The number of benzene rings is 2. The average Bonchev–Trinajstić information content (AvgIpc) is 2.67. The van der Waals surface area contributed by atoms with E-state index in [9.17, 15) is 14.0 Å². The van der Waals surface area contributed by atoms with Crippen LogP contribution in [0.15, 0.2) is 59.8 Å². The fourth-order valence-electron chi connectivity index (χ4n) is 4.29. The number of halogens is 1. The number of ketones is 1. The third-order valence-electron chi connectivity index (χ3n) is 5.51. The number of amides is 1. The Morgan fingerprint density at radius 1 is 1.00 bits per heavy atom. The number of Topliss-reactive ketones (excluding diaryl/α,β-unsaturated/α-hetero) is 1. The van der Waals surface area contributed by atoms with E-state index >= 15 is 0 Å². The molecule has 0 radical (unpaired) electrons. The Hall–Kier alpha value is -2.95. The van der Waals surface area contributed by atoms with Crippen LogP contribution in [0.5, 0.6) is 5.75 Å². The SMILES string of the molecule is CC(C)Oc1ccc(C2CC(=O)C3=C(C2)NC(=O)CC3c2cccc(F)c2)cc1. The number of carbonyl (C=O) groups is 2. The Labute approximate surface area is 169 Å². The second-order valence-corrected chi connectivity index (χ2v) is 8.02. The lowest BCUT2D eigenvalue weighted by atomic mass is 9.73. The van der Waals surface area contributed by atoms with Gasteiger partial charge in [-0.1, -0.05) is 24.3 Å². The molecule has 4 nitrogen and oxygen atoms in total. The maximum Gasteiger partial charge on any atom is 0.225 e. The molecule has 0 bridgehead atoms.